The molecule has 5 aromatic carbocycles. The number of hydrogen-bond donors (Lipinski definition) is 3. The van der Waals surface area contributed by atoms with Gasteiger partial charge in [0.25, 0.3) is 0 Å². The summed E-state index contributed by atoms with van der Waals surface area (Å²) in [6, 6.07) is 36.2. The van der Waals surface area contributed by atoms with Crippen LogP contribution in [0.4, 0.5) is 0 Å². The van der Waals surface area contributed by atoms with Gasteiger partial charge in [0.2, 0.25) is 0 Å². The molecule has 5 aromatic rings. The normalized spacial score (nSPS) is 16.2. The number of ether oxygens (including phenoxy) is 3. The van der Waals surface area contributed by atoms with Gasteiger partial charge < -0.3 is 30.2 Å². The van der Waals surface area contributed by atoms with E-state index in [1.807, 2.05) is 24.3 Å². The highest BCUT2D eigenvalue weighted by Gasteiger charge is 2.10. The van der Waals surface area contributed by atoms with Crippen LogP contribution in [0.5, 0.6) is 11.5 Å². The third-order valence-corrected chi connectivity index (χ3v) is 8.55. The number of rotatable bonds is 5. The van der Waals surface area contributed by atoms with Crippen molar-refractivity contribution in [3.63, 3.8) is 0 Å². The molecule has 0 saturated heterocycles. The fraction of sp³-hybridized carbons (Fsp3) is 0.333. The number of para-hydroxylation sites is 2. The van der Waals surface area contributed by atoms with E-state index in [1.54, 1.807) is 0 Å². The number of benzene rings is 5. The second kappa shape index (κ2) is 17.1. The van der Waals surface area contributed by atoms with Gasteiger partial charge in [0.05, 0.1) is 13.2 Å². The smallest absolute Gasteiger partial charge is 0.123 e. The van der Waals surface area contributed by atoms with E-state index in [1.165, 1.54) is 27.1 Å². The van der Waals surface area contributed by atoms with E-state index >= 15 is 0 Å². The molecule has 0 amide bonds. The largest absolute Gasteiger partial charge is 0.491 e. The summed E-state index contributed by atoms with van der Waals surface area (Å²) in [7, 11) is 0. The predicted molar refractivity (Wildman–Crippen MR) is 188 cm³/mol. The first-order valence-corrected chi connectivity index (χ1v) is 16.6. The lowest BCUT2D eigenvalue weighted by atomic mass is 9.97. The van der Waals surface area contributed by atoms with Crippen molar-refractivity contribution in [2.24, 2.45) is 0 Å². The van der Waals surface area contributed by atoms with Crippen molar-refractivity contribution >= 4 is 21.5 Å². The topological polar surface area (TPSA) is 67.0 Å². The first-order valence-electron chi connectivity index (χ1n) is 16.6. The molecule has 1 aliphatic rings. The van der Waals surface area contributed by atoms with Crippen molar-refractivity contribution < 1.29 is 14.2 Å². The Morgan fingerprint density at radius 3 is 1.72 bits per heavy atom. The zero-order chi connectivity index (χ0) is 31.2. The van der Waals surface area contributed by atoms with Crippen LogP contribution in [0.15, 0.2) is 103 Å². The first-order chi connectivity index (χ1) is 22.8. The van der Waals surface area contributed by atoms with Gasteiger partial charge in [-0.2, -0.15) is 0 Å². The second-order valence-corrected chi connectivity index (χ2v) is 11.7. The summed E-state index contributed by atoms with van der Waals surface area (Å²) < 4.78 is 17.9. The molecular weight excluding hydrogens is 572 g/mol. The van der Waals surface area contributed by atoms with Crippen LogP contribution >= 0.6 is 0 Å². The molecule has 0 radical (unpaired) electrons. The minimum atomic E-state index is 0.507. The maximum atomic E-state index is 6.07. The summed E-state index contributed by atoms with van der Waals surface area (Å²) in [5, 5.41) is 16.3. The Balaban J connectivity index is 1.09. The molecule has 46 heavy (non-hydrogen) atoms. The molecule has 7 nitrogen and oxygen atoms in total. The van der Waals surface area contributed by atoms with Crippen LogP contribution in [-0.4, -0.2) is 70.6 Å². The number of nitrogens with zero attached hydrogens (tertiary/aromatic N) is 1. The van der Waals surface area contributed by atoms with Gasteiger partial charge in [-0.3, -0.25) is 4.90 Å². The first kappa shape index (κ1) is 32.0. The minimum absolute atomic E-state index is 0.507. The molecule has 7 heteroatoms. The van der Waals surface area contributed by atoms with Crippen LogP contribution in [0, 0.1) is 0 Å². The Kier molecular flexibility index (Phi) is 11.9. The Labute approximate surface area is 272 Å². The second-order valence-electron chi connectivity index (χ2n) is 11.7. The highest BCUT2D eigenvalue weighted by molar-refractivity contribution is 6.02. The van der Waals surface area contributed by atoms with E-state index in [4.69, 9.17) is 14.2 Å². The number of hydrogen-bond acceptors (Lipinski definition) is 7. The molecule has 0 saturated carbocycles. The SMILES string of the molecule is c1ccc2c(c1)CNCCN(CCNCc1c3ccccc3cc3ccccc13)CCNCc1ccccc1OCCOCCO2. The van der Waals surface area contributed by atoms with Crippen molar-refractivity contribution in [2.45, 2.75) is 19.6 Å². The van der Waals surface area contributed by atoms with Gasteiger partial charge in [-0.1, -0.05) is 84.9 Å². The van der Waals surface area contributed by atoms with Crippen LogP contribution in [-0.2, 0) is 24.4 Å². The Morgan fingerprint density at radius 2 is 1.13 bits per heavy atom. The van der Waals surface area contributed by atoms with Crippen molar-refractivity contribution in [3.05, 3.63) is 120 Å². The van der Waals surface area contributed by atoms with Gasteiger partial charge in [-0.25, -0.2) is 0 Å². The monoisotopic (exact) mass is 618 g/mol. The summed E-state index contributed by atoms with van der Waals surface area (Å²) in [4.78, 5) is 2.54. The summed E-state index contributed by atoms with van der Waals surface area (Å²) in [5.74, 6) is 1.81. The minimum Gasteiger partial charge on any atom is -0.491 e. The van der Waals surface area contributed by atoms with Crippen molar-refractivity contribution in [2.75, 3.05) is 65.7 Å². The molecule has 6 rings (SSSR count). The predicted octanol–water partition coefficient (Wildman–Crippen LogP) is 5.75. The summed E-state index contributed by atoms with van der Waals surface area (Å²) >= 11 is 0. The van der Waals surface area contributed by atoms with Gasteiger partial charge in [-0.05, 0) is 45.3 Å². The lowest BCUT2D eigenvalue weighted by molar-refractivity contribution is 0.0759. The van der Waals surface area contributed by atoms with E-state index in [-0.39, 0.29) is 0 Å². The molecule has 0 bridgehead atoms. The van der Waals surface area contributed by atoms with Crippen LogP contribution in [0.3, 0.4) is 0 Å². The van der Waals surface area contributed by atoms with E-state index in [9.17, 15) is 0 Å². The molecule has 1 heterocycles. The lowest BCUT2D eigenvalue weighted by Gasteiger charge is -2.24. The fourth-order valence-corrected chi connectivity index (χ4v) is 6.11. The van der Waals surface area contributed by atoms with Crippen LogP contribution in [0.1, 0.15) is 16.7 Å². The maximum Gasteiger partial charge on any atom is 0.123 e. The molecule has 0 aromatic heterocycles. The summed E-state index contributed by atoms with van der Waals surface area (Å²) in [5.41, 5.74) is 3.69. The zero-order valence-electron chi connectivity index (χ0n) is 26.7. The zero-order valence-corrected chi connectivity index (χ0v) is 26.7. The lowest BCUT2D eigenvalue weighted by Crippen LogP contribution is -2.40. The molecule has 0 spiro atoms. The maximum absolute atomic E-state index is 6.07. The van der Waals surface area contributed by atoms with Crippen molar-refractivity contribution in [3.8, 4) is 11.5 Å². The molecule has 0 aliphatic carbocycles. The van der Waals surface area contributed by atoms with Gasteiger partial charge in [0.1, 0.15) is 24.7 Å². The van der Waals surface area contributed by atoms with Gasteiger partial charge >= 0.3 is 0 Å². The fourth-order valence-electron chi connectivity index (χ4n) is 6.11. The molecule has 0 atom stereocenters. The standard InChI is InChI=1S/C39H46N4O3/c1-5-13-35-31(9-1)27-32-10-2-6-14-36(32)37(35)30-42-19-22-43-20-17-40-28-33-11-3-7-15-38(33)45-25-23-44-24-26-46-39-16-8-4-12-34(39)29-41-18-21-43/h1-16,27,40-42H,17-26,28-30H2. The molecule has 0 fully saturated rings. The van der Waals surface area contributed by atoms with E-state index in [0.717, 1.165) is 81.5 Å². The van der Waals surface area contributed by atoms with Crippen LogP contribution in [0.25, 0.3) is 21.5 Å². The van der Waals surface area contributed by atoms with Gasteiger partial charge in [-0.15, -0.1) is 0 Å². The average Bonchev–Trinajstić information content (AvgIpc) is 3.09. The van der Waals surface area contributed by atoms with Gasteiger partial charge in [0.15, 0.2) is 0 Å². The van der Waals surface area contributed by atoms with E-state index in [2.05, 4.69) is 99.7 Å². The molecule has 240 valence electrons. The van der Waals surface area contributed by atoms with Crippen LogP contribution in [0.2, 0.25) is 0 Å². The number of nitrogens with one attached hydrogen (secondary N) is 3. The highest BCUT2D eigenvalue weighted by Crippen LogP contribution is 2.28. The molecule has 1 aliphatic heterocycles. The Bertz CT molecular complexity index is 1560. The van der Waals surface area contributed by atoms with Crippen molar-refractivity contribution in [1.82, 2.24) is 20.9 Å². The molecule has 3 N–H and O–H groups in total. The average molecular weight is 619 g/mol. The number of fused-ring (bicyclic) bond motifs is 4. The molecule has 0 unspecified atom stereocenters. The van der Waals surface area contributed by atoms with E-state index in [0.29, 0.717) is 26.4 Å². The third kappa shape index (κ3) is 8.84. The Hall–Kier alpha value is -3.98. The molecular formula is C39H46N4O3. The van der Waals surface area contributed by atoms with E-state index < -0.39 is 0 Å². The Morgan fingerprint density at radius 1 is 0.609 bits per heavy atom. The van der Waals surface area contributed by atoms with Crippen molar-refractivity contribution in [1.29, 1.82) is 0 Å². The summed E-state index contributed by atoms with van der Waals surface area (Å²) in [6.07, 6.45) is 0. The van der Waals surface area contributed by atoms with Crippen LogP contribution < -0.4 is 25.4 Å². The summed E-state index contributed by atoms with van der Waals surface area (Å²) in [6.45, 7) is 9.99. The highest BCUT2D eigenvalue weighted by atomic mass is 16.5. The quantitative estimate of drug-likeness (QED) is 0.171. The third-order valence-electron chi connectivity index (χ3n) is 8.55. The van der Waals surface area contributed by atoms with Gasteiger partial charge in [0, 0.05) is 70.0 Å².